The Morgan fingerprint density at radius 2 is 2.20 bits per heavy atom. The van der Waals surface area contributed by atoms with Crippen LogP contribution in [0.4, 0.5) is 0 Å². The number of amides is 1. The van der Waals surface area contributed by atoms with Gasteiger partial charge in [-0.1, -0.05) is 12.1 Å². The number of benzene rings is 1. The van der Waals surface area contributed by atoms with Crippen LogP contribution < -0.4 is 10.1 Å². The molecule has 1 N–H and O–H groups in total. The number of nitrogens with one attached hydrogen (secondary N) is 1. The van der Waals surface area contributed by atoms with Gasteiger partial charge in [-0.25, -0.2) is 4.79 Å². The van der Waals surface area contributed by atoms with E-state index in [0.717, 1.165) is 0 Å². The first-order valence-electron chi connectivity index (χ1n) is 6.34. The van der Waals surface area contributed by atoms with Gasteiger partial charge < -0.3 is 14.8 Å². The van der Waals surface area contributed by atoms with Crippen LogP contribution in [0.15, 0.2) is 36.9 Å². The van der Waals surface area contributed by atoms with Gasteiger partial charge in [-0.15, -0.1) is 6.58 Å². The van der Waals surface area contributed by atoms with Crippen LogP contribution in [0.2, 0.25) is 0 Å². The second-order valence-corrected chi connectivity index (χ2v) is 4.12. The molecule has 1 atom stereocenters. The van der Waals surface area contributed by atoms with E-state index in [1.165, 1.54) is 13.1 Å². The van der Waals surface area contributed by atoms with Crippen LogP contribution in [0, 0.1) is 0 Å². The van der Waals surface area contributed by atoms with Gasteiger partial charge in [0.25, 0.3) is 5.91 Å². The molecule has 0 saturated heterocycles. The second-order valence-electron chi connectivity index (χ2n) is 4.12. The van der Waals surface area contributed by atoms with E-state index in [4.69, 9.17) is 9.47 Å². The molecule has 0 bridgehead atoms. The zero-order chi connectivity index (χ0) is 15.0. The molecular formula is C15H19NO4. The van der Waals surface area contributed by atoms with Crippen molar-refractivity contribution in [1.29, 1.82) is 0 Å². The SMILES string of the molecule is C=CCCOC(C)C(=O)Oc1cccc(C(=O)NC)c1. The Kier molecular flexibility index (Phi) is 6.46. The van der Waals surface area contributed by atoms with Gasteiger partial charge in [0.2, 0.25) is 0 Å². The van der Waals surface area contributed by atoms with E-state index in [9.17, 15) is 9.59 Å². The summed E-state index contributed by atoms with van der Waals surface area (Å²) in [5.74, 6) is -0.420. The van der Waals surface area contributed by atoms with Gasteiger partial charge in [0.1, 0.15) is 5.75 Å². The normalized spacial score (nSPS) is 11.5. The van der Waals surface area contributed by atoms with Gasteiger partial charge in [0.15, 0.2) is 6.10 Å². The van der Waals surface area contributed by atoms with E-state index in [0.29, 0.717) is 24.3 Å². The predicted octanol–water partition coefficient (Wildman–Crippen LogP) is 1.93. The first kappa shape index (κ1) is 15.9. The third kappa shape index (κ3) is 4.85. The number of hydrogen-bond acceptors (Lipinski definition) is 4. The standard InChI is InChI=1S/C15H19NO4/c1-4-5-9-19-11(2)15(18)20-13-8-6-7-12(10-13)14(17)16-3/h4,6-8,10-11H,1,5,9H2,2-3H3,(H,16,17). The monoisotopic (exact) mass is 277 g/mol. The van der Waals surface area contributed by atoms with E-state index >= 15 is 0 Å². The van der Waals surface area contributed by atoms with Gasteiger partial charge in [-0.3, -0.25) is 4.79 Å². The van der Waals surface area contributed by atoms with E-state index in [1.54, 1.807) is 31.2 Å². The average molecular weight is 277 g/mol. The summed E-state index contributed by atoms with van der Waals surface area (Å²) in [6.07, 6.45) is 1.72. The molecule has 0 heterocycles. The number of esters is 1. The molecule has 0 aliphatic heterocycles. The highest BCUT2D eigenvalue weighted by atomic mass is 16.6. The molecule has 1 unspecified atom stereocenters. The van der Waals surface area contributed by atoms with Crippen LogP contribution >= 0.6 is 0 Å². The molecular weight excluding hydrogens is 258 g/mol. The maximum absolute atomic E-state index is 11.8. The summed E-state index contributed by atoms with van der Waals surface area (Å²) in [6.45, 7) is 5.60. The highest BCUT2D eigenvalue weighted by Gasteiger charge is 2.16. The maximum Gasteiger partial charge on any atom is 0.340 e. The summed E-state index contributed by atoms with van der Waals surface area (Å²) in [6, 6.07) is 6.41. The van der Waals surface area contributed by atoms with Gasteiger partial charge in [0.05, 0.1) is 6.61 Å². The van der Waals surface area contributed by atoms with E-state index in [1.807, 2.05) is 0 Å². The minimum absolute atomic E-state index is 0.238. The smallest absolute Gasteiger partial charge is 0.340 e. The van der Waals surface area contributed by atoms with Crippen molar-refractivity contribution in [3.05, 3.63) is 42.5 Å². The molecule has 20 heavy (non-hydrogen) atoms. The van der Waals surface area contributed by atoms with Crippen LogP contribution in [0.1, 0.15) is 23.7 Å². The Balaban J connectivity index is 2.61. The first-order chi connectivity index (χ1) is 9.58. The number of rotatable bonds is 7. The van der Waals surface area contributed by atoms with Crippen LogP contribution in [-0.4, -0.2) is 31.6 Å². The molecule has 0 spiro atoms. The third-order valence-electron chi connectivity index (χ3n) is 2.56. The predicted molar refractivity (Wildman–Crippen MR) is 75.7 cm³/mol. The Labute approximate surface area is 118 Å². The Morgan fingerprint density at radius 3 is 2.85 bits per heavy atom. The minimum atomic E-state index is -0.668. The third-order valence-corrected chi connectivity index (χ3v) is 2.56. The fraction of sp³-hybridized carbons (Fsp3) is 0.333. The topological polar surface area (TPSA) is 64.6 Å². The van der Waals surface area contributed by atoms with Crippen molar-refractivity contribution in [3.63, 3.8) is 0 Å². The van der Waals surface area contributed by atoms with Crippen molar-refractivity contribution in [1.82, 2.24) is 5.32 Å². The summed E-state index contributed by atoms with van der Waals surface area (Å²) in [7, 11) is 1.54. The molecule has 0 saturated carbocycles. The van der Waals surface area contributed by atoms with Gasteiger partial charge in [0, 0.05) is 12.6 Å². The van der Waals surface area contributed by atoms with Crippen molar-refractivity contribution in [2.75, 3.05) is 13.7 Å². The zero-order valence-corrected chi connectivity index (χ0v) is 11.7. The Bertz CT molecular complexity index is 485. The molecule has 0 radical (unpaired) electrons. The van der Waals surface area contributed by atoms with Crippen LogP contribution in [0.3, 0.4) is 0 Å². The minimum Gasteiger partial charge on any atom is -0.425 e. The van der Waals surface area contributed by atoms with Crippen LogP contribution in [0.5, 0.6) is 5.75 Å². The quantitative estimate of drug-likeness (QED) is 0.358. The molecule has 5 nitrogen and oxygen atoms in total. The van der Waals surface area contributed by atoms with Gasteiger partial charge in [-0.05, 0) is 31.5 Å². The lowest BCUT2D eigenvalue weighted by Crippen LogP contribution is -2.26. The molecule has 1 rings (SSSR count). The van der Waals surface area contributed by atoms with E-state index < -0.39 is 12.1 Å². The summed E-state index contributed by atoms with van der Waals surface area (Å²) in [5, 5.41) is 2.51. The lowest BCUT2D eigenvalue weighted by Gasteiger charge is -2.12. The van der Waals surface area contributed by atoms with Crippen molar-refractivity contribution >= 4 is 11.9 Å². The van der Waals surface area contributed by atoms with E-state index in [-0.39, 0.29) is 5.91 Å². The van der Waals surface area contributed by atoms with Crippen molar-refractivity contribution in [2.45, 2.75) is 19.4 Å². The van der Waals surface area contributed by atoms with Crippen molar-refractivity contribution in [2.24, 2.45) is 0 Å². The molecule has 1 aromatic carbocycles. The number of ether oxygens (including phenoxy) is 2. The summed E-state index contributed by atoms with van der Waals surface area (Å²) < 4.78 is 10.5. The lowest BCUT2D eigenvalue weighted by molar-refractivity contribution is -0.146. The largest absolute Gasteiger partial charge is 0.425 e. The highest BCUT2D eigenvalue weighted by molar-refractivity contribution is 5.94. The molecule has 1 amide bonds. The summed E-state index contributed by atoms with van der Waals surface area (Å²) >= 11 is 0. The van der Waals surface area contributed by atoms with Crippen LogP contribution in [-0.2, 0) is 9.53 Å². The summed E-state index contributed by atoms with van der Waals surface area (Å²) in [5.41, 5.74) is 0.429. The number of carbonyl (C=O) groups excluding carboxylic acids is 2. The van der Waals surface area contributed by atoms with Gasteiger partial charge in [-0.2, -0.15) is 0 Å². The lowest BCUT2D eigenvalue weighted by atomic mass is 10.2. The molecule has 1 aromatic rings. The summed E-state index contributed by atoms with van der Waals surface area (Å²) in [4.78, 5) is 23.3. The maximum atomic E-state index is 11.8. The highest BCUT2D eigenvalue weighted by Crippen LogP contribution is 2.14. The Hall–Kier alpha value is -2.14. The first-order valence-corrected chi connectivity index (χ1v) is 6.34. The second kappa shape index (κ2) is 8.12. The average Bonchev–Trinajstić information content (AvgIpc) is 2.46. The molecule has 0 fully saturated rings. The Morgan fingerprint density at radius 1 is 1.45 bits per heavy atom. The molecule has 0 aliphatic rings. The zero-order valence-electron chi connectivity index (χ0n) is 11.7. The fourth-order valence-electron chi connectivity index (χ4n) is 1.44. The number of hydrogen-bond donors (Lipinski definition) is 1. The van der Waals surface area contributed by atoms with Crippen LogP contribution in [0.25, 0.3) is 0 Å². The molecule has 0 aromatic heterocycles. The molecule has 108 valence electrons. The van der Waals surface area contributed by atoms with Gasteiger partial charge >= 0.3 is 5.97 Å². The number of carbonyl (C=O) groups is 2. The fourth-order valence-corrected chi connectivity index (χ4v) is 1.44. The van der Waals surface area contributed by atoms with E-state index in [2.05, 4.69) is 11.9 Å². The van der Waals surface area contributed by atoms with Crippen molar-refractivity contribution < 1.29 is 19.1 Å². The van der Waals surface area contributed by atoms with Crippen molar-refractivity contribution in [3.8, 4) is 5.75 Å². The molecule has 0 aliphatic carbocycles. The molecule has 5 heteroatoms.